The summed E-state index contributed by atoms with van der Waals surface area (Å²) in [6.45, 7) is 3.03. The summed E-state index contributed by atoms with van der Waals surface area (Å²) in [5.41, 5.74) is 0.162. The van der Waals surface area contributed by atoms with Crippen molar-refractivity contribution < 1.29 is 14.2 Å². The van der Waals surface area contributed by atoms with Crippen LogP contribution in [0.4, 0.5) is 0 Å². The van der Waals surface area contributed by atoms with Crippen molar-refractivity contribution in [2.75, 3.05) is 52.1 Å². The molecule has 0 bridgehead atoms. The predicted molar refractivity (Wildman–Crippen MR) is 78.9 cm³/mol. The van der Waals surface area contributed by atoms with E-state index in [9.17, 15) is 0 Å². The summed E-state index contributed by atoms with van der Waals surface area (Å²) in [7, 11) is 3.74. The van der Waals surface area contributed by atoms with E-state index in [1.165, 1.54) is 24.3 Å². The molecule has 1 N–H and O–H groups in total. The Morgan fingerprint density at radius 3 is 3.05 bits per heavy atom. The Morgan fingerprint density at radius 2 is 2.37 bits per heavy atom. The fraction of sp³-hybridized carbons (Fsp3) is 1.00. The van der Waals surface area contributed by atoms with Crippen LogP contribution in [-0.2, 0) is 14.2 Å². The van der Waals surface area contributed by atoms with E-state index in [1.54, 1.807) is 7.11 Å². The van der Waals surface area contributed by atoms with E-state index in [-0.39, 0.29) is 5.60 Å². The van der Waals surface area contributed by atoms with Crippen LogP contribution in [0.3, 0.4) is 0 Å². The molecule has 112 valence electrons. The molecule has 19 heavy (non-hydrogen) atoms. The van der Waals surface area contributed by atoms with Gasteiger partial charge in [0.15, 0.2) is 0 Å². The second-order valence-electron chi connectivity index (χ2n) is 5.55. The molecule has 0 aromatic carbocycles. The minimum Gasteiger partial charge on any atom is -0.382 e. The number of hydrogen-bond donors (Lipinski definition) is 1. The van der Waals surface area contributed by atoms with Crippen molar-refractivity contribution in [3.63, 3.8) is 0 Å². The monoisotopic (exact) mass is 289 g/mol. The first-order valence-electron chi connectivity index (χ1n) is 7.25. The average Bonchev–Trinajstić information content (AvgIpc) is 2.87. The number of ether oxygens (including phenoxy) is 3. The lowest BCUT2D eigenvalue weighted by Gasteiger charge is -2.40. The van der Waals surface area contributed by atoms with E-state index in [0.717, 1.165) is 19.6 Å². The van der Waals surface area contributed by atoms with Gasteiger partial charge < -0.3 is 19.5 Å². The summed E-state index contributed by atoms with van der Waals surface area (Å²) in [5, 5.41) is 3.43. The van der Waals surface area contributed by atoms with Crippen molar-refractivity contribution in [3.8, 4) is 0 Å². The van der Waals surface area contributed by atoms with Crippen LogP contribution in [0.1, 0.15) is 19.3 Å². The van der Waals surface area contributed by atoms with Crippen LogP contribution < -0.4 is 5.32 Å². The fourth-order valence-corrected chi connectivity index (χ4v) is 4.46. The molecule has 0 aromatic rings. The van der Waals surface area contributed by atoms with Crippen molar-refractivity contribution in [2.45, 2.75) is 30.9 Å². The minimum absolute atomic E-state index is 0.162. The zero-order chi connectivity index (χ0) is 13.6. The third-order valence-corrected chi connectivity index (χ3v) is 5.49. The van der Waals surface area contributed by atoms with Crippen molar-refractivity contribution in [2.24, 2.45) is 5.92 Å². The van der Waals surface area contributed by atoms with Gasteiger partial charge in [0.2, 0.25) is 0 Å². The summed E-state index contributed by atoms with van der Waals surface area (Å²) in [6, 6.07) is 0.434. The number of rotatable bonds is 7. The van der Waals surface area contributed by atoms with Gasteiger partial charge in [0, 0.05) is 25.5 Å². The van der Waals surface area contributed by atoms with E-state index in [1.807, 2.05) is 18.8 Å². The third-order valence-electron chi connectivity index (χ3n) is 4.27. The molecule has 4 nitrogen and oxygen atoms in total. The van der Waals surface area contributed by atoms with Crippen molar-refractivity contribution in [1.29, 1.82) is 0 Å². The molecule has 2 aliphatic heterocycles. The van der Waals surface area contributed by atoms with Gasteiger partial charge >= 0.3 is 0 Å². The maximum atomic E-state index is 6.08. The quantitative estimate of drug-likeness (QED) is 0.720. The largest absolute Gasteiger partial charge is 0.382 e. The topological polar surface area (TPSA) is 39.7 Å². The van der Waals surface area contributed by atoms with Gasteiger partial charge in [-0.1, -0.05) is 0 Å². The number of methoxy groups -OCH3 is 1. The molecule has 1 spiro atoms. The summed E-state index contributed by atoms with van der Waals surface area (Å²) in [5.74, 6) is 3.09. The number of thioether (sulfide) groups is 1. The van der Waals surface area contributed by atoms with Gasteiger partial charge in [-0.05, 0) is 38.0 Å². The highest BCUT2D eigenvalue weighted by molar-refractivity contribution is 7.99. The summed E-state index contributed by atoms with van der Waals surface area (Å²) in [6.07, 6.45) is 3.54. The summed E-state index contributed by atoms with van der Waals surface area (Å²) in [4.78, 5) is 0. The summed E-state index contributed by atoms with van der Waals surface area (Å²) >= 11 is 2.03. The zero-order valence-electron chi connectivity index (χ0n) is 12.2. The van der Waals surface area contributed by atoms with Crippen LogP contribution in [-0.4, -0.2) is 63.7 Å². The second-order valence-corrected chi connectivity index (χ2v) is 6.65. The van der Waals surface area contributed by atoms with Gasteiger partial charge in [-0.25, -0.2) is 0 Å². The minimum atomic E-state index is 0.162. The Morgan fingerprint density at radius 1 is 1.47 bits per heavy atom. The zero-order valence-corrected chi connectivity index (χ0v) is 13.0. The van der Waals surface area contributed by atoms with Gasteiger partial charge in [0.25, 0.3) is 0 Å². The van der Waals surface area contributed by atoms with Gasteiger partial charge in [-0.3, -0.25) is 0 Å². The van der Waals surface area contributed by atoms with Crippen LogP contribution in [0.15, 0.2) is 0 Å². The van der Waals surface area contributed by atoms with Crippen molar-refractivity contribution in [1.82, 2.24) is 5.32 Å². The highest BCUT2D eigenvalue weighted by Crippen LogP contribution is 2.41. The normalized spacial score (nSPS) is 32.8. The Bertz CT molecular complexity index is 259. The van der Waals surface area contributed by atoms with Crippen molar-refractivity contribution in [3.05, 3.63) is 0 Å². The van der Waals surface area contributed by atoms with Crippen LogP contribution in [0, 0.1) is 5.92 Å². The Labute approximate surface area is 120 Å². The van der Waals surface area contributed by atoms with Crippen LogP contribution in [0.25, 0.3) is 0 Å². The Hall–Kier alpha value is 0.190. The molecule has 0 aliphatic carbocycles. The third kappa shape index (κ3) is 4.33. The van der Waals surface area contributed by atoms with Crippen LogP contribution >= 0.6 is 11.8 Å². The molecule has 5 heteroatoms. The molecule has 0 saturated carbocycles. The summed E-state index contributed by atoms with van der Waals surface area (Å²) < 4.78 is 16.8. The number of likely N-dealkylation sites (N-methyl/N-ethyl adjacent to an activating group) is 1. The number of hydrogen-bond acceptors (Lipinski definition) is 5. The van der Waals surface area contributed by atoms with Crippen molar-refractivity contribution >= 4 is 11.8 Å². The molecule has 2 rings (SSSR count). The average molecular weight is 289 g/mol. The Kier molecular flexibility index (Phi) is 6.42. The maximum Gasteiger partial charge on any atom is 0.0783 e. The van der Waals surface area contributed by atoms with Gasteiger partial charge in [-0.2, -0.15) is 11.8 Å². The van der Waals surface area contributed by atoms with E-state index < -0.39 is 0 Å². The lowest BCUT2D eigenvalue weighted by molar-refractivity contribution is -0.0896. The Balaban J connectivity index is 1.80. The molecular formula is C14H27NO3S. The predicted octanol–water partition coefficient (Wildman–Crippen LogP) is 1.54. The van der Waals surface area contributed by atoms with Crippen LogP contribution in [0.5, 0.6) is 0 Å². The first-order valence-corrected chi connectivity index (χ1v) is 8.41. The highest BCUT2D eigenvalue weighted by Gasteiger charge is 2.42. The van der Waals surface area contributed by atoms with E-state index in [0.29, 0.717) is 25.2 Å². The first kappa shape index (κ1) is 15.6. The lowest BCUT2D eigenvalue weighted by Crippen LogP contribution is -2.48. The molecule has 0 aromatic heterocycles. The first-order chi connectivity index (χ1) is 9.29. The molecule has 0 amide bonds. The molecular weight excluding hydrogens is 262 g/mol. The fourth-order valence-electron chi connectivity index (χ4n) is 3.08. The van der Waals surface area contributed by atoms with Gasteiger partial charge in [0.1, 0.15) is 0 Å². The van der Waals surface area contributed by atoms with E-state index >= 15 is 0 Å². The number of nitrogens with one attached hydrogen (secondary N) is 1. The lowest BCUT2D eigenvalue weighted by atomic mass is 9.81. The molecule has 2 heterocycles. The molecule has 3 unspecified atom stereocenters. The maximum absolute atomic E-state index is 6.08. The molecule has 2 fully saturated rings. The SMILES string of the molecule is CNC(COCCOC)C1CCOC2(CCSC2)C1. The standard InChI is InChI=1S/C14H27NO3S/c1-15-13(10-17-7-6-16-2)12-3-5-18-14(9-12)4-8-19-11-14/h12-13,15H,3-11H2,1-2H3. The van der Waals surface area contributed by atoms with Gasteiger partial charge in [0.05, 0.1) is 25.4 Å². The molecule has 2 aliphatic rings. The smallest absolute Gasteiger partial charge is 0.0783 e. The van der Waals surface area contributed by atoms with Gasteiger partial charge in [-0.15, -0.1) is 0 Å². The van der Waals surface area contributed by atoms with E-state index in [4.69, 9.17) is 14.2 Å². The van der Waals surface area contributed by atoms with E-state index in [2.05, 4.69) is 5.32 Å². The molecule has 0 radical (unpaired) electrons. The van der Waals surface area contributed by atoms with Crippen LogP contribution in [0.2, 0.25) is 0 Å². The highest BCUT2D eigenvalue weighted by atomic mass is 32.2. The second kappa shape index (κ2) is 7.84. The molecule has 3 atom stereocenters. The molecule has 2 saturated heterocycles.